The largest absolute Gasteiger partial charge is 0.469 e. The zero-order valence-corrected chi connectivity index (χ0v) is 11.1. The number of rotatable bonds is 4. The lowest BCUT2D eigenvalue weighted by atomic mass is 10.0. The Hall–Kier alpha value is -0.450. The van der Waals surface area contributed by atoms with Crippen molar-refractivity contribution in [1.82, 2.24) is 5.32 Å². The molecule has 0 spiro atoms. The van der Waals surface area contributed by atoms with Crippen LogP contribution >= 0.6 is 34.8 Å². The summed E-state index contributed by atoms with van der Waals surface area (Å²) in [5.74, 6) is -1.92. The van der Waals surface area contributed by atoms with Gasteiger partial charge in [0.05, 0.1) is 19.1 Å². The third kappa shape index (κ3) is 4.60. The molecule has 0 aliphatic heterocycles. The van der Waals surface area contributed by atoms with Crippen LogP contribution in [-0.4, -0.2) is 28.8 Å². The predicted octanol–water partition coefficient (Wildman–Crippen LogP) is 1.84. The molecule has 92 valence electrons. The number of halogens is 3. The van der Waals surface area contributed by atoms with Crippen molar-refractivity contribution in [3.8, 4) is 0 Å². The van der Waals surface area contributed by atoms with Crippen molar-refractivity contribution in [2.45, 2.75) is 16.8 Å². The number of hydrogen-bond acceptors (Lipinski definition) is 3. The second kappa shape index (κ2) is 6.33. The predicted molar refractivity (Wildman–Crippen MR) is 63.6 cm³/mol. The molecule has 0 unspecified atom stereocenters. The zero-order chi connectivity index (χ0) is 12.9. The third-order valence-corrected chi connectivity index (χ3v) is 2.44. The normalized spacial score (nSPS) is 14.8. The van der Waals surface area contributed by atoms with Crippen molar-refractivity contribution in [2.24, 2.45) is 5.92 Å². The first-order valence-corrected chi connectivity index (χ1v) is 5.45. The Labute approximate surface area is 109 Å². The molecule has 1 amide bonds. The SMILES string of the molecule is C=C[C@@H](NC(=O)C(Cl)(Cl)Cl)[C@@H](C)C(=O)OC. The van der Waals surface area contributed by atoms with Gasteiger partial charge in [0, 0.05) is 0 Å². The molecule has 16 heavy (non-hydrogen) atoms. The molecule has 4 nitrogen and oxygen atoms in total. The van der Waals surface area contributed by atoms with E-state index in [9.17, 15) is 9.59 Å². The van der Waals surface area contributed by atoms with Crippen LogP contribution in [0.15, 0.2) is 12.7 Å². The molecule has 0 rings (SSSR count). The zero-order valence-electron chi connectivity index (χ0n) is 8.80. The van der Waals surface area contributed by atoms with E-state index in [1.165, 1.54) is 13.2 Å². The highest BCUT2D eigenvalue weighted by Crippen LogP contribution is 2.26. The molecule has 0 aromatic heterocycles. The summed E-state index contributed by atoms with van der Waals surface area (Å²) in [7, 11) is 1.25. The van der Waals surface area contributed by atoms with Crippen molar-refractivity contribution >= 4 is 46.7 Å². The van der Waals surface area contributed by atoms with Crippen molar-refractivity contribution < 1.29 is 14.3 Å². The number of carbonyl (C=O) groups excluding carboxylic acids is 2. The van der Waals surface area contributed by atoms with Gasteiger partial charge in [0.25, 0.3) is 9.70 Å². The molecule has 1 N–H and O–H groups in total. The molecule has 0 aromatic rings. The maximum atomic E-state index is 11.3. The fourth-order valence-electron chi connectivity index (χ4n) is 0.954. The van der Waals surface area contributed by atoms with Gasteiger partial charge in [-0.3, -0.25) is 9.59 Å². The lowest BCUT2D eigenvalue weighted by molar-refractivity contribution is -0.145. The maximum Gasteiger partial charge on any atom is 0.310 e. The summed E-state index contributed by atoms with van der Waals surface area (Å²) in [6.45, 7) is 5.05. The minimum absolute atomic E-state index is 0.491. The highest BCUT2D eigenvalue weighted by molar-refractivity contribution is 6.76. The standard InChI is InChI=1S/C9H12Cl3NO3/c1-4-6(5(2)7(14)16-3)13-8(15)9(10,11)12/h4-6H,1H2,2-3H3,(H,13,15)/t5-,6-/m1/s1. The molecule has 0 heterocycles. The van der Waals surface area contributed by atoms with E-state index in [-0.39, 0.29) is 0 Å². The summed E-state index contributed by atoms with van der Waals surface area (Å²) in [5.41, 5.74) is 0. The molecule has 2 atom stereocenters. The molecular weight excluding hydrogens is 276 g/mol. The molecule has 0 saturated heterocycles. The van der Waals surface area contributed by atoms with Gasteiger partial charge < -0.3 is 10.1 Å². The highest BCUT2D eigenvalue weighted by atomic mass is 35.6. The Balaban J connectivity index is 4.59. The summed E-state index contributed by atoms with van der Waals surface area (Å²) in [5, 5.41) is 2.37. The first-order valence-electron chi connectivity index (χ1n) is 4.32. The van der Waals surface area contributed by atoms with E-state index < -0.39 is 27.6 Å². The van der Waals surface area contributed by atoms with E-state index in [0.29, 0.717) is 0 Å². The van der Waals surface area contributed by atoms with Crippen LogP contribution in [0, 0.1) is 5.92 Å². The van der Waals surface area contributed by atoms with Gasteiger partial charge in [-0.05, 0) is 6.92 Å². The molecular formula is C9H12Cl3NO3. The van der Waals surface area contributed by atoms with E-state index in [2.05, 4.69) is 16.6 Å². The highest BCUT2D eigenvalue weighted by Gasteiger charge is 2.34. The van der Waals surface area contributed by atoms with Crippen molar-refractivity contribution in [3.63, 3.8) is 0 Å². The quantitative estimate of drug-likeness (QED) is 0.488. The average Bonchev–Trinajstić information content (AvgIpc) is 2.21. The Morgan fingerprint density at radius 2 is 1.94 bits per heavy atom. The summed E-state index contributed by atoms with van der Waals surface area (Å²) < 4.78 is 2.45. The number of esters is 1. The number of methoxy groups -OCH3 is 1. The van der Waals surface area contributed by atoms with Crippen LogP contribution in [0.1, 0.15) is 6.92 Å². The van der Waals surface area contributed by atoms with Gasteiger partial charge in [-0.25, -0.2) is 0 Å². The van der Waals surface area contributed by atoms with Gasteiger partial charge >= 0.3 is 5.97 Å². The Morgan fingerprint density at radius 3 is 2.25 bits per heavy atom. The van der Waals surface area contributed by atoms with Crippen LogP contribution in [0.5, 0.6) is 0 Å². The minimum atomic E-state index is -2.07. The number of alkyl halides is 3. The van der Waals surface area contributed by atoms with Gasteiger partial charge in [-0.1, -0.05) is 40.9 Å². The van der Waals surface area contributed by atoms with Gasteiger partial charge in [-0.2, -0.15) is 0 Å². The van der Waals surface area contributed by atoms with Crippen LogP contribution in [0.3, 0.4) is 0 Å². The maximum absolute atomic E-state index is 11.3. The lowest BCUT2D eigenvalue weighted by Gasteiger charge is -2.22. The number of ether oxygens (including phenoxy) is 1. The van der Waals surface area contributed by atoms with Gasteiger partial charge in [0.1, 0.15) is 0 Å². The van der Waals surface area contributed by atoms with Gasteiger partial charge in [0.2, 0.25) is 0 Å². The fraction of sp³-hybridized carbons (Fsp3) is 0.556. The van der Waals surface area contributed by atoms with E-state index >= 15 is 0 Å². The molecule has 0 radical (unpaired) electrons. The Morgan fingerprint density at radius 1 is 1.44 bits per heavy atom. The van der Waals surface area contributed by atoms with Crippen LogP contribution in [0.4, 0.5) is 0 Å². The van der Waals surface area contributed by atoms with Crippen LogP contribution < -0.4 is 5.32 Å². The molecule has 0 bridgehead atoms. The topological polar surface area (TPSA) is 55.4 Å². The summed E-state index contributed by atoms with van der Waals surface area (Å²) in [4.78, 5) is 22.6. The molecule has 0 fully saturated rings. The number of carbonyl (C=O) groups is 2. The van der Waals surface area contributed by atoms with E-state index in [0.717, 1.165) is 0 Å². The van der Waals surface area contributed by atoms with E-state index in [1.54, 1.807) is 6.92 Å². The van der Waals surface area contributed by atoms with Crippen LogP contribution in [0.25, 0.3) is 0 Å². The Kier molecular flexibility index (Phi) is 6.15. The summed E-state index contributed by atoms with van der Waals surface area (Å²) in [6, 6.07) is -0.657. The number of hydrogen-bond donors (Lipinski definition) is 1. The first kappa shape index (κ1) is 15.6. The first-order chi connectivity index (χ1) is 7.23. The van der Waals surface area contributed by atoms with Crippen LogP contribution in [0.2, 0.25) is 0 Å². The third-order valence-electron chi connectivity index (χ3n) is 1.92. The lowest BCUT2D eigenvalue weighted by Crippen LogP contribution is -2.45. The smallest absolute Gasteiger partial charge is 0.310 e. The molecule has 0 aliphatic rings. The van der Waals surface area contributed by atoms with E-state index in [4.69, 9.17) is 34.8 Å². The minimum Gasteiger partial charge on any atom is -0.469 e. The molecule has 7 heteroatoms. The summed E-state index contributed by atoms with van der Waals surface area (Å²) >= 11 is 16.1. The van der Waals surface area contributed by atoms with Crippen molar-refractivity contribution in [3.05, 3.63) is 12.7 Å². The monoisotopic (exact) mass is 287 g/mol. The van der Waals surface area contributed by atoms with Gasteiger partial charge in [-0.15, -0.1) is 6.58 Å². The number of amides is 1. The molecule has 0 saturated carbocycles. The Bertz CT molecular complexity index is 288. The molecule has 0 aromatic carbocycles. The van der Waals surface area contributed by atoms with Crippen molar-refractivity contribution in [2.75, 3.05) is 7.11 Å². The second-order valence-corrected chi connectivity index (χ2v) is 5.33. The fourth-order valence-corrected chi connectivity index (χ4v) is 1.12. The molecule has 0 aliphatic carbocycles. The van der Waals surface area contributed by atoms with Crippen LogP contribution in [-0.2, 0) is 14.3 Å². The van der Waals surface area contributed by atoms with Gasteiger partial charge in [0.15, 0.2) is 0 Å². The average molecular weight is 289 g/mol. The van der Waals surface area contributed by atoms with E-state index in [1.807, 2.05) is 0 Å². The summed E-state index contributed by atoms with van der Waals surface area (Å²) in [6.07, 6.45) is 1.37. The number of nitrogens with one attached hydrogen (secondary N) is 1. The van der Waals surface area contributed by atoms with Crippen molar-refractivity contribution in [1.29, 1.82) is 0 Å². The second-order valence-electron chi connectivity index (χ2n) is 3.04.